The van der Waals surface area contributed by atoms with Gasteiger partial charge >= 0.3 is 0 Å². The fraction of sp³-hybridized carbons (Fsp3) is 1.00. The van der Waals surface area contributed by atoms with Crippen molar-refractivity contribution < 1.29 is 0 Å². The SMILES string of the molecule is CCC(N)C(N(C)CC1CCC1)C(C)(C)C. The molecule has 2 N–H and O–H groups in total. The van der Waals surface area contributed by atoms with Crippen LogP contribution in [0.5, 0.6) is 0 Å². The molecule has 96 valence electrons. The first-order valence-corrected chi connectivity index (χ1v) is 6.82. The molecule has 0 spiro atoms. The summed E-state index contributed by atoms with van der Waals surface area (Å²) in [6.07, 6.45) is 5.33. The number of nitrogens with two attached hydrogens (primary N) is 1. The summed E-state index contributed by atoms with van der Waals surface area (Å²) in [6, 6.07) is 0.795. The highest BCUT2D eigenvalue weighted by molar-refractivity contribution is 4.90. The summed E-state index contributed by atoms with van der Waals surface area (Å²) in [7, 11) is 2.25. The Bertz CT molecular complexity index is 203. The van der Waals surface area contributed by atoms with Crippen LogP contribution in [0.25, 0.3) is 0 Å². The van der Waals surface area contributed by atoms with Crippen LogP contribution in [0.2, 0.25) is 0 Å². The first-order chi connectivity index (χ1) is 7.36. The third kappa shape index (κ3) is 3.46. The van der Waals surface area contributed by atoms with E-state index in [2.05, 4.69) is 39.6 Å². The highest BCUT2D eigenvalue weighted by atomic mass is 15.2. The van der Waals surface area contributed by atoms with Gasteiger partial charge < -0.3 is 10.6 Å². The molecule has 1 aliphatic rings. The standard InChI is InChI=1S/C14H30N2/c1-6-12(15)13(14(2,3)4)16(5)10-11-8-7-9-11/h11-13H,6-10,15H2,1-5H3. The summed E-state index contributed by atoms with van der Waals surface area (Å²) in [6.45, 7) is 10.4. The average molecular weight is 226 g/mol. The Labute approximate surface area is 102 Å². The van der Waals surface area contributed by atoms with E-state index < -0.39 is 0 Å². The molecular weight excluding hydrogens is 196 g/mol. The zero-order chi connectivity index (χ0) is 12.3. The molecule has 2 nitrogen and oxygen atoms in total. The van der Waals surface area contributed by atoms with Crippen LogP contribution in [0.15, 0.2) is 0 Å². The Morgan fingerprint density at radius 2 is 1.88 bits per heavy atom. The van der Waals surface area contributed by atoms with Crippen LogP contribution in [0.3, 0.4) is 0 Å². The predicted molar refractivity (Wildman–Crippen MR) is 71.5 cm³/mol. The van der Waals surface area contributed by atoms with Gasteiger partial charge in [-0.05, 0) is 37.6 Å². The van der Waals surface area contributed by atoms with Crippen LogP contribution < -0.4 is 5.73 Å². The van der Waals surface area contributed by atoms with Crippen molar-refractivity contribution in [1.82, 2.24) is 4.90 Å². The van der Waals surface area contributed by atoms with Gasteiger partial charge in [0, 0.05) is 18.6 Å². The van der Waals surface area contributed by atoms with Crippen LogP contribution >= 0.6 is 0 Å². The maximum atomic E-state index is 6.30. The van der Waals surface area contributed by atoms with Crippen molar-refractivity contribution in [3.63, 3.8) is 0 Å². The van der Waals surface area contributed by atoms with Crippen LogP contribution in [0, 0.1) is 11.3 Å². The number of likely N-dealkylation sites (N-methyl/N-ethyl adjacent to an activating group) is 1. The summed E-state index contributed by atoms with van der Waals surface area (Å²) < 4.78 is 0. The fourth-order valence-electron chi connectivity index (χ4n) is 3.05. The van der Waals surface area contributed by atoms with Crippen LogP contribution in [-0.4, -0.2) is 30.6 Å². The predicted octanol–water partition coefficient (Wildman–Crippen LogP) is 2.87. The molecule has 0 aliphatic heterocycles. The van der Waals surface area contributed by atoms with Gasteiger partial charge in [0.25, 0.3) is 0 Å². The van der Waals surface area contributed by atoms with Gasteiger partial charge in [0.05, 0.1) is 0 Å². The second-order valence-electron chi connectivity index (χ2n) is 6.62. The minimum Gasteiger partial charge on any atom is -0.326 e. The summed E-state index contributed by atoms with van der Waals surface area (Å²) in [5, 5.41) is 0. The van der Waals surface area contributed by atoms with Crippen molar-refractivity contribution in [1.29, 1.82) is 0 Å². The molecule has 0 aromatic rings. The summed E-state index contributed by atoms with van der Waals surface area (Å²) >= 11 is 0. The van der Waals surface area contributed by atoms with Crippen LogP contribution in [-0.2, 0) is 0 Å². The second-order valence-corrected chi connectivity index (χ2v) is 6.62. The normalized spacial score (nSPS) is 21.9. The zero-order valence-electron chi connectivity index (χ0n) is 11.8. The Balaban J connectivity index is 2.59. The molecule has 1 rings (SSSR count). The van der Waals surface area contributed by atoms with Gasteiger partial charge in [0.15, 0.2) is 0 Å². The lowest BCUT2D eigenvalue weighted by molar-refractivity contribution is 0.0711. The second kappa shape index (κ2) is 5.50. The first kappa shape index (κ1) is 14.0. The summed E-state index contributed by atoms with van der Waals surface area (Å²) in [5.74, 6) is 0.930. The minimum absolute atomic E-state index is 0.272. The fourth-order valence-corrected chi connectivity index (χ4v) is 3.05. The molecule has 0 radical (unpaired) electrons. The van der Waals surface area contributed by atoms with Crippen molar-refractivity contribution in [3.05, 3.63) is 0 Å². The Morgan fingerprint density at radius 3 is 2.19 bits per heavy atom. The van der Waals surface area contributed by atoms with Gasteiger partial charge in [-0.1, -0.05) is 34.1 Å². The van der Waals surface area contributed by atoms with E-state index in [1.165, 1.54) is 25.8 Å². The smallest absolute Gasteiger partial charge is 0.0292 e. The van der Waals surface area contributed by atoms with Gasteiger partial charge in [-0.3, -0.25) is 0 Å². The van der Waals surface area contributed by atoms with E-state index in [1.807, 2.05) is 0 Å². The quantitative estimate of drug-likeness (QED) is 0.781. The third-order valence-corrected chi connectivity index (χ3v) is 4.01. The van der Waals surface area contributed by atoms with Crippen LogP contribution in [0.1, 0.15) is 53.4 Å². The largest absolute Gasteiger partial charge is 0.326 e. The maximum absolute atomic E-state index is 6.30. The Kier molecular flexibility index (Phi) is 4.81. The minimum atomic E-state index is 0.272. The average Bonchev–Trinajstić information content (AvgIpc) is 2.09. The molecular formula is C14H30N2. The van der Waals surface area contributed by atoms with Gasteiger partial charge in [-0.15, -0.1) is 0 Å². The first-order valence-electron chi connectivity index (χ1n) is 6.82. The molecule has 0 amide bonds. The lowest BCUT2D eigenvalue weighted by Gasteiger charge is -2.44. The van der Waals surface area contributed by atoms with Gasteiger partial charge in [-0.25, -0.2) is 0 Å². The number of hydrogen-bond donors (Lipinski definition) is 1. The van der Waals surface area contributed by atoms with Crippen molar-refractivity contribution in [2.75, 3.05) is 13.6 Å². The topological polar surface area (TPSA) is 29.3 Å². The van der Waals surface area contributed by atoms with Crippen molar-refractivity contribution in [2.24, 2.45) is 17.1 Å². The molecule has 1 fully saturated rings. The molecule has 1 saturated carbocycles. The number of rotatable bonds is 5. The number of nitrogens with zero attached hydrogens (tertiary/aromatic N) is 1. The highest BCUT2D eigenvalue weighted by Gasteiger charge is 2.34. The van der Waals surface area contributed by atoms with Gasteiger partial charge in [0.1, 0.15) is 0 Å². The Hall–Kier alpha value is -0.0800. The Morgan fingerprint density at radius 1 is 1.31 bits per heavy atom. The molecule has 0 saturated heterocycles. The van der Waals surface area contributed by atoms with E-state index in [1.54, 1.807) is 0 Å². The zero-order valence-corrected chi connectivity index (χ0v) is 11.8. The van der Waals surface area contributed by atoms with E-state index in [-0.39, 0.29) is 5.41 Å². The summed E-state index contributed by atoms with van der Waals surface area (Å²) in [4.78, 5) is 2.51. The molecule has 0 heterocycles. The van der Waals surface area contributed by atoms with Crippen molar-refractivity contribution in [3.8, 4) is 0 Å². The monoisotopic (exact) mass is 226 g/mol. The van der Waals surface area contributed by atoms with Crippen molar-refractivity contribution in [2.45, 2.75) is 65.5 Å². The van der Waals surface area contributed by atoms with E-state index in [0.717, 1.165) is 12.3 Å². The van der Waals surface area contributed by atoms with Crippen molar-refractivity contribution >= 4 is 0 Å². The van der Waals surface area contributed by atoms with E-state index >= 15 is 0 Å². The van der Waals surface area contributed by atoms with E-state index in [9.17, 15) is 0 Å². The molecule has 0 aromatic carbocycles. The van der Waals surface area contributed by atoms with E-state index in [4.69, 9.17) is 5.73 Å². The van der Waals surface area contributed by atoms with E-state index in [0.29, 0.717) is 12.1 Å². The maximum Gasteiger partial charge on any atom is 0.0292 e. The molecule has 16 heavy (non-hydrogen) atoms. The number of hydrogen-bond acceptors (Lipinski definition) is 2. The van der Waals surface area contributed by atoms with Gasteiger partial charge in [0.2, 0.25) is 0 Å². The third-order valence-electron chi connectivity index (χ3n) is 4.01. The molecule has 2 heteroatoms. The van der Waals surface area contributed by atoms with Crippen LogP contribution in [0.4, 0.5) is 0 Å². The highest BCUT2D eigenvalue weighted by Crippen LogP contribution is 2.31. The lowest BCUT2D eigenvalue weighted by atomic mass is 9.79. The van der Waals surface area contributed by atoms with Gasteiger partial charge in [-0.2, -0.15) is 0 Å². The molecule has 0 bridgehead atoms. The molecule has 2 atom stereocenters. The summed E-state index contributed by atoms with van der Waals surface area (Å²) in [5.41, 5.74) is 6.57. The molecule has 2 unspecified atom stereocenters. The molecule has 0 aromatic heterocycles. The lowest BCUT2D eigenvalue weighted by Crippen LogP contribution is -2.54. The molecule has 1 aliphatic carbocycles.